The lowest BCUT2D eigenvalue weighted by molar-refractivity contribution is -0.143. The van der Waals surface area contributed by atoms with Crippen LogP contribution in [0, 0.1) is 11.8 Å². The number of thiophene rings is 1. The summed E-state index contributed by atoms with van der Waals surface area (Å²) in [6, 6.07) is 4.58. The smallest absolute Gasteiger partial charge is 0.310 e. The second kappa shape index (κ2) is 5.23. The normalized spacial score (nSPS) is 28.7. The number of carboxylic acids is 1. The van der Waals surface area contributed by atoms with E-state index in [0.29, 0.717) is 25.2 Å². The molecule has 0 bridgehead atoms. The van der Waals surface area contributed by atoms with Gasteiger partial charge in [-0.2, -0.15) is 0 Å². The fourth-order valence-electron chi connectivity index (χ4n) is 3.02. The molecule has 3 unspecified atom stereocenters. The van der Waals surface area contributed by atoms with Gasteiger partial charge in [0, 0.05) is 17.0 Å². The monoisotopic (exact) mass is 281 g/mol. The highest BCUT2D eigenvalue weighted by Gasteiger charge is 2.43. The Morgan fingerprint density at radius 3 is 2.89 bits per heavy atom. The highest BCUT2D eigenvalue weighted by atomic mass is 32.1. The van der Waals surface area contributed by atoms with Gasteiger partial charge in [0.25, 0.3) is 0 Å². The summed E-state index contributed by atoms with van der Waals surface area (Å²) >= 11 is 1.77. The third-order valence-electron chi connectivity index (χ3n) is 4.23. The summed E-state index contributed by atoms with van der Waals surface area (Å²) in [6.45, 7) is 0.869. The molecule has 19 heavy (non-hydrogen) atoms. The van der Waals surface area contributed by atoms with E-state index in [9.17, 15) is 9.90 Å². The van der Waals surface area contributed by atoms with Crippen molar-refractivity contribution in [2.45, 2.75) is 24.9 Å². The Balaban J connectivity index is 1.80. The summed E-state index contributed by atoms with van der Waals surface area (Å²) < 4.78 is 5.40. The molecule has 0 radical (unpaired) electrons. The first-order valence-corrected chi connectivity index (χ1v) is 7.62. The minimum atomic E-state index is -0.741. The van der Waals surface area contributed by atoms with Crippen LogP contribution < -0.4 is 0 Å². The van der Waals surface area contributed by atoms with Crippen molar-refractivity contribution < 1.29 is 14.6 Å². The average molecular weight is 281 g/mol. The Morgan fingerprint density at radius 1 is 1.53 bits per heavy atom. The van der Waals surface area contributed by atoms with E-state index in [1.165, 1.54) is 17.7 Å². The van der Waals surface area contributed by atoms with Gasteiger partial charge in [0.15, 0.2) is 0 Å². The van der Waals surface area contributed by atoms with Crippen LogP contribution in [0.15, 0.2) is 17.5 Å². The molecule has 1 aliphatic carbocycles. The van der Waals surface area contributed by atoms with Crippen molar-refractivity contribution >= 4 is 17.3 Å². The SMILES string of the molecule is CN(C1COCC1C(=O)O)C(c1cccs1)C1CC1. The average Bonchev–Trinajstić information content (AvgIpc) is 2.91. The second-order valence-electron chi connectivity index (χ2n) is 5.51. The summed E-state index contributed by atoms with van der Waals surface area (Å²) in [7, 11) is 2.05. The highest BCUT2D eigenvalue weighted by Crippen LogP contribution is 2.46. The standard InChI is InChI=1S/C14H19NO3S/c1-15(11-8-18-7-10(11)14(16)17)13(9-4-5-9)12-3-2-6-19-12/h2-3,6,9-11,13H,4-5,7-8H2,1H3,(H,16,17). The summed E-state index contributed by atoms with van der Waals surface area (Å²) in [5.41, 5.74) is 0. The number of carbonyl (C=O) groups is 1. The maximum atomic E-state index is 11.3. The van der Waals surface area contributed by atoms with Crippen molar-refractivity contribution in [3.8, 4) is 0 Å². The summed E-state index contributed by atoms with van der Waals surface area (Å²) in [5.74, 6) is -0.458. The van der Waals surface area contributed by atoms with Crippen LogP contribution in [0.1, 0.15) is 23.8 Å². The van der Waals surface area contributed by atoms with Crippen molar-refractivity contribution in [1.82, 2.24) is 4.90 Å². The molecule has 2 heterocycles. The van der Waals surface area contributed by atoms with E-state index in [4.69, 9.17) is 4.74 Å². The molecule has 0 amide bonds. The lowest BCUT2D eigenvalue weighted by Gasteiger charge is -2.33. The third kappa shape index (κ3) is 2.55. The minimum Gasteiger partial charge on any atom is -0.481 e. The van der Waals surface area contributed by atoms with Crippen LogP contribution >= 0.6 is 11.3 Å². The second-order valence-corrected chi connectivity index (χ2v) is 6.49. The lowest BCUT2D eigenvalue weighted by Crippen LogP contribution is -2.43. The molecule has 104 valence electrons. The zero-order valence-electron chi connectivity index (χ0n) is 11.0. The number of rotatable bonds is 5. The van der Waals surface area contributed by atoms with Gasteiger partial charge in [-0.3, -0.25) is 9.69 Å². The molecule has 1 aromatic heterocycles. The first kappa shape index (κ1) is 13.1. The van der Waals surface area contributed by atoms with Crippen LogP contribution in [0.4, 0.5) is 0 Å². The number of ether oxygens (including phenoxy) is 1. The summed E-state index contributed by atoms with van der Waals surface area (Å²) in [4.78, 5) is 14.9. The van der Waals surface area contributed by atoms with Crippen LogP contribution in [0.2, 0.25) is 0 Å². The van der Waals surface area contributed by atoms with Crippen LogP contribution in [0.5, 0.6) is 0 Å². The topological polar surface area (TPSA) is 49.8 Å². The van der Waals surface area contributed by atoms with Crippen molar-refractivity contribution in [1.29, 1.82) is 0 Å². The molecule has 0 aromatic carbocycles. The fraction of sp³-hybridized carbons (Fsp3) is 0.643. The van der Waals surface area contributed by atoms with E-state index < -0.39 is 11.9 Å². The fourth-order valence-corrected chi connectivity index (χ4v) is 3.99. The Kier molecular flexibility index (Phi) is 3.60. The molecule has 2 aliphatic rings. The molecule has 1 saturated carbocycles. The zero-order chi connectivity index (χ0) is 13.4. The zero-order valence-corrected chi connectivity index (χ0v) is 11.8. The summed E-state index contributed by atoms with van der Waals surface area (Å²) in [6.07, 6.45) is 2.50. The Hall–Kier alpha value is -0.910. The largest absolute Gasteiger partial charge is 0.481 e. The van der Waals surface area contributed by atoms with Crippen LogP contribution in [0.25, 0.3) is 0 Å². The van der Waals surface area contributed by atoms with Gasteiger partial charge >= 0.3 is 5.97 Å². The predicted octanol–water partition coefficient (Wildman–Crippen LogP) is 2.23. The van der Waals surface area contributed by atoms with Crippen LogP contribution in [-0.2, 0) is 9.53 Å². The molecular formula is C14H19NO3S. The predicted molar refractivity (Wildman–Crippen MR) is 73.3 cm³/mol. The third-order valence-corrected chi connectivity index (χ3v) is 5.18. The molecule has 2 fully saturated rings. The number of nitrogens with zero attached hydrogens (tertiary/aromatic N) is 1. The maximum absolute atomic E-state index is 11.3. The quantitative estimate of drug-likeness (QED) is 0.899. The molecule has 4 nitrogen and oxygen atoms in total. The van der Waals surface area contributed by atoms with Crippen molar-refractivity contribution in [3.63, 3.8) is 0 Å². The molecule has 0 spiro atoms. The van der Waals surface area contributed by atoms with Gasteiger partial charge in [-0.1, -0.05) is 6.07 Å². The Labute approximate surface area is 117 Å². The van der Waals surface area contributed by atoms with E-state index in [1.807, 2.05) is 0 Å². The molecule has 1 N–H and O–H groups in total. The van der Waals surface area contributed by atoms with Gasteiger partial charge in [0.1, 0.15) is 0 Å². The number of likely N-dealkylation sites (N-methyl/N-ethyl adjacent to an activating group) is 1. The number of carboxylic acid groups (broad SMARTS) is 1. The molecule has 5 heteroatoms. The molecular weight excluding hydrogens is 262 g/mol. The Morgan fingerprint density at radius 2 is 2.32 bits per heavy atom. The van der Waals surface area contributed by atoms with Crippen molar-refractivity contribution in [2.75, 3.05) is 20.3 Å². The summed E-state index contributed by atoms with van der Waals surface area (Å²) in [5, 5.41) is 11.4. The molecule has 1 saturated heterocycles. The van der Waals surface area contributed by atoms with E-state index in [1.54, 1.807) is 11.3 Å². The van der Waals surface area contributed by atoms with Gasteiger partial charge in [-0.05, 0) is 37.3 Å². The van der Waals surface area contributed by atoms with Gasteiger partial charge in [-0.25, -0.2) is 0 Å². The Bertz CT molecular complexity index is 444. The van der Waals surface area contributed by atoms with Crippen molar-refractivity contribution in [3.05, 3.63) is 22.4 Å². The van der Waals surface area contributed by atoms with Crippen LogP contribution in [-0.4, -0.2) is 42.3 Å². The van der Waals surface area contributed by atoms with Crippen LogP contribution in [0.3, 0.4) is 0 Å². The van der Waals surface area contributed by atoms with Gasteiger partial charge in [-0.15, -0.1) is 11.3 Å². The van der Waals surface area contributed by atoms with E-state index >= 15 is 0 Å². The first-order valence-electron chi connectivity index (χ1n) is 6.74. The van der Waals surface area contributed by atoms with Crippen molar-refractivity contribution in [2.24, 2.45) is 11.8 Å². The highest BCUT2D eigenvalue weighted by molar-refractivity contribution is 7.10. The van der Waals surface area contributed by atoms with Gasteiger partial charge < -0.3 is 9.84 Å². The van der Waals surface area contributed by atoms with Gasteiger partial charge in [0.2, 0.25) is 0 Å². The number of hydrogen-bond donors (Lipinski definition) is 1. The maximum Gasteiger partial charge on any atom is 0.310 e. The van der Waals surface area contributed by atoms with Gasteiger partial charge in [0.05, 0.1) is 19.1 Å². The molecule has 3 atom stereocenters. The molecule has 1 aromatic rings. The minimum absolute atomic E-state index is 0.00907. The number of hydrogen-bond acceptors (Lipinski definition) is 4. The first-order chi connectivity index (χ1) is 9.18. The number of aliphatic carboxylic acids is 1. The van der Waals surface area contributed by atoms with E-state index in [0.717, 1.165) is 0 Å². The molecule has 1 aliphatic heterocycles. The van der Waals surface area contributed by atoms with E-state index in [2.05, 4.69) is 29.5 Å². The lowest BCUT2D eigenvalue weighted by atomic mass is 9.99. The van der Waals surface area contributed by atoms with E-state index in [-0.39, 0.29) is 6.04 Å². The molecule has 3 rings (SSSR count).